The second-order valence-corrected chi connectivity index (χ2v) is 10.6. The lowest BCUT2D eigenvalue weighted by atomic mass is 10.0. The van der Waals surface area contributed by atoms with Crippen molar-refractivity contribution in [2.24, 2.45) is 0 Å². The largest absolute Gasteiger partial charge is 0.420 e. The molecule has 1 N–H and O–H groups in total. The molecule has 1 saturated heterocycles. The summed E-state index contributed by atoms with van der Waals surface area (Å²) in [5.74, 6) is 0.491. The number of aromatic nitrogens is 3. The number of benzene rings is 2. The van der Waals surface area contributed by atoms with Crippen LogP contribution in [-0.4, -0.2) is 62.6 Å². The van der Waals surface area contributed by atoms with Gasteiger partial charge in [-0.1, -0.05) is 35.9 Å². The quantitative estimate of drug-likeness (QED) is 0.354. The van der Waals surface area contributed by atoms with Crippen LogP contribution in [0.25, 0.3) is 22.6 Å². The van der Waals surface area contributed by atoms with Gasteiger partial charge in [-0.25, -0.2) is 4.79 Å². The summed E-state index contributed by atoms with van der Waals surface area (Å²) in [6, 6.07) is 17.4. The van der Waals surface area contributed by atoms with Crippen LogP contribution >= 0.6 is 11.6 Å². The van der Waals surface area contributed by atoms with Crippen LogP contribution in [0.2, 0.25) is 5.02 Å². The fourth-order valence-corrected chi connectivity index (χ4v) is 5.74. The van der Waals surface area contributed by atoms with Crippen LogP contribution in [0.15, 0.2) is 65.2 Å². The zero-order valence-corrected chi connectivity index (χ0v) is 22.9. The number of para-hydroxylation sites is 1. The van der Waals surface area contributed by atoms with Crippen molar-refractivity contribution >= 4 is 29.2 Å². The first-order chi connectivity index (χ1) is 19.4. The number of anilines is 1. The number of hydrogen-bond acceptors (Lipinski definition) is 6. The lowest BCUT2D eigenvalue weighted by molar-refractivity contribution is -0.132. The maximum atomic E-state index is 13.1. The average molecular weight is 557 g/mol. The summed E-state index contributed by atoms with van der Waals surface area (Å²) < 4.78 is 5.88. The van der Waals surface area contributed by atoms with E-state index < -0.39 is 0 Å². The number of carbonyl (C=O) groups is 2. The van der Waals surface area contributed by atoms with Gasteiger partial charge in [0, 0.05) is 59.4 Å². The molecule has 40 heavy (non-hydrogen) atoms. The predicted molar refractivity (Wildman–Crippen MR) is 152 cm³/mol. The highest BCUT2D eigenvalue weighted by Gasteiger charge is 2.31. The third-order valence-corrected chi connectivity index (χ3v) is 7.85. The van der Waals surface area contributed by atoms with E-state index in [2.05, 4.69) is 26.6 Å². The van der Waals surface area contributed by atoms with Crippen molar-refractivity contribution in [3.63, 3.8) is 0 Å². The summed E-state index contributed by atoms with van der Waals surface area (Å²) in [7, 11) is 0. The van der Waals surface area contributed by atoms with Gasteiger partial charge in [-0.05, 0) is 67.6 Å². The Morgan fingerprint density at radius 2 is 1.85 bits per heavy atom. The second-order valence-electron chi connectivity index (χ2n) is 10.2. The Balaban J connectivity index is 1.08. The number of carbonyl (C=O) groups excluding carboxylic acids is 2. The lowest BCUT2D eigenvalue weighted by Gasteiger charge is -2.37. The molecule has 1 fully saturated rings. The molecule has 0 saturated carbocycles. The molecular weight excluding hydrogens is 528 g/mol. The number of piperidine rings is 1. The Morgan fingerprint density at radius 1 is 1.05 bits per heavy atom. The molecule has 2 aliphatic heterocycles. The summed E-state index contributed by atoms with van der Waals surface area (Å²) in [5, 5.41) is 11.9. The van der Waals surface area contributed by atoms with Gasteiger partial charge in [-0.15, -0.1) is 10.2 Å². The minimum absolute atomic E-state index is 0.0202. The van der Waals surface area contributed by atoms with E-state index in [1.807, 2.05) is 59.2 Å². The zero-order valence-electron chi connectivity index (χ0n) is 22.1. The van der Waals surface area contributed by atoms with Crippen molar-refractivity contribution in [2.75, 3.05) is 25.0 Å². The number of nitrogens with zero attached hydrogens (tertiary/aromatic N) is 5. The topological polar surface area (TPSA) is 104 Å². The van der Waals surface area contributed by atoms with Crippen LogP contribution in [0.5, 0.6) is 0 Å². The normalized spacial score (nSPS) is 15.9. The van der Waals surface area contributed by atoms with Crippen LogP contribution in [0, 0.1) is 6.92 Å². The maximum Gasteiger partial charge on any atom is 0.322 e. The highest BCUT2D eigenvalue weighted by atomic mass is 35.5. The zero-order chi connectivity index (χ0) is 27.6. The molecule has 204 valence electrons. The third-order valence-electron chi connectivity index (χ3n) is 7.63. The van der Waals surface area contributed by atoms with E-state index in [-0.39, 0.29) is 30.3 Å². The fourth-order valence-electron chi connectivity index (χ4n) is 5.51. The van der Waals surface area contributed by atoms with Gasteiger partial charge in [-0.3, -0.25) is 9.78 Å². The Hall–Kier alpha value is -4.24. The van der Waals surface area contributed by atoms with Gasteiger partial charge in [0.2, 0.25) is 17.7 Å². The molecule has 2 aliphatic rings. The van der Waals surface area contributed by atoms with E-state index >= 15 is 0 Å². The van der Waals surface area contributed by atoms with Crippen LogP contribution in [0.4, 0.5) is 10.5 Å². The van der Waals surface area contributed by atoms with E-state index in [9.17, 15) is 9.59 Å². The second kappa shape index (κ2) is 11.1. The standard InChI is InChI=1S/C30H29ClN6O3/c1-19-25(6-4-11-32-19)21-15-22(17-23(31)16-21)29-35-34-27(40-29)18-28(38)36-12-9-24(10-13-36)37-14-8-20-5-2-3-7-26(20)33-30(37)39/h2-7,11,15-17,24H,8-10,12-14,18H2,1H3,(H,33,39). The van der Waals surface area contributed by atoms with Crippen molar-refractivity contribution in [3.8, 4) is 22.6 Å². The summed E-state index contributed by atoms with van der Waals surface area (Å²) in [5.41, 5.74) is 5.45. The first-order valence-electron chi connectivity index (χ1n) is 13.4. The van der Waals surface area contributed by atoms with Crippen LogP contribution in [0.1, 0.15) is 30.0 Å². The number of rotatable bonds is 5. The lowest BCUT2D eigenvalue weighted by Crippen LogP contribution is -2.50. The van der Waals surface area contributed by atoms with E-state index in [0.717, 1.165) is 47.3 Å². The monoisotopic (exact) mass is 556 g/mol. The first kappa shape index (κ1) is 26.0. The molecule has 9 nitrogen and oxygen atoms in total. The predicted octanol–water partition coefficient (Wildman–Crippen LogP) is 5.38. The van der Waals surface area contributed by atoms with Crippen LogP contribution < -0.4 is 5.32 Å². The molecule has 0 atom stereocenters. The highest BCUT2D eigenvalue weighted by molar-refractivity contribution is 6.31. The Bertz CT molecular complexity index is 1560. The molecular formula is C30H29ClN6O3. The smallest absolute Gasteiger partial charge is 0.322 e. The molecule has 2 aromatic heterocycles. The number of fused-ring (bicyclic) bond motifs is 1. The SMILES string of the molecule is Cc1ncccc1-c1cc(Cl)cc(-c2nnc(CC(=O)N3CCC(N4CCc5ccccc5NC4=O)CC3)o2)c1. The number of likely N-dealkylation sites (tertiary alicyclic amines) is 1. The maximum absolute atomic E-state index is 13.1. The number of nitrogens with one attached hydrogen (secondary N) is 1. The summed E-state index contributed by atoms with van der Waals surface area (Å²) >= 11 is 6.40. The van der Waals surface area contributed by atoms with E-state index in [1.165, 1.54) is 0 Å². The van der Waals surface area contributed by atoms with Gasteiger partial charge >= 0.3 is 6.03 Å². The Labute approximate surface area is 237 Å². The summed E-state index contributed by atoms with van der Waals surface area (Å²) in [6.45, 7) is 3.75. The van der Waals surface area contributed by atoms with Crippen molar-refractivity contribution in [2.45, 2.75) is 38.6 Å². The molecule has 3 amide bonds. The molecule has 0 unspecified atom stereocenters. The van der Waals surface area contributed by atoms with Gasteiger partial charge in [-0.2, -0.15) is 0 Å². The van der Waals surface area contributed by atoms with Crippen molar-refractivity contribution < 1.29 is 14.0 Å². The van der Waals surface area contributed by atoms with Gasteiger partial charge in [0.15, 0.2) is 0 Å². The molecule has 0 spiro atoms. The van der Waals surface area contributed by atoms with Crippen molar-refractivity contribution in [1.29, 1.82) is 0 Å². The molecule has 2 aromatic carbocycles. The fraction of sp³-hybridized carbons (Fsp3) is 0.300. The number of hydrogen-bond donors (Lipinski definition) is 1. The van der Waals surface area contributed by atoms with Crippen molar-refractivity contribution in [1.82, 2.24) is 25.0 Å². The third kappa shape index (κ3) is 5.42. The van der Waals surface area contributed by atoms with Crippen LogP contribution in [0.3, 0.4) is 0 Å². The molecule has 6 rings (SSSR count). The molecule has 0 radical (unpaired) electrons. The minimum atomic E-state index is -0.0732. The number of pyridine rings is 1. The number of halogens is 1. The number of urea groups is 1. The highest BCUT2D eigenvalue weighted by Crippen LogP contribution is 2.31. The first-order valence-corrected chi connectivity index (χ1v) is 13.8. The summed E-state index contributed by atoms with van der Waals surface area (Å²) in [4.78, 5) is 34.0. The van der Waals surface area contributed by atoms with Gasteiger partial charge in [0.1, 0.15) is 6.42 Å². The van der Waals surface area contributed by atoms with Gasteiger partial charge in [0.05, 0.1) is 0 Å². The van der Waals surface area contributed by atoms with Gasteiger partial charge in [0.25, 0.3) is 0 Å². The van der Waals surface area contributed by atoms with Crippen molar-refractivity contribution in [3.05, 3.63) is 83.0 Å². The van der Waals surface area contributed by atoms with E-state index in [4.69, 9.17) is 16.0 Å². The van der Waals surface area contributed by atoms with Gasteiger partial charge < -0.3 is 19.5 Å². The van der Waals surface area contributed by atoms with Crippen LogP contribution in [-0.2, 0) is 17.6 Å². The summed E-state index contributed by atoms with van der Waals surface area (Å²) in [6.07, 6.45) is 4.03. The minimum Gasteiger partial charge on any atom is -0.420 e. The molecule has 4 heterocycles. The Kier molecular flexibility index (Phi) is 7.21. The molecule has 4 aromatic rings. The van der Waals surface area contributed by atoms with E-state index in [0.29, 0.717) is 36.1 Å². The molecule has 0 aliphatic carbocycles. The Morgan fingerprint density at radius 3 is 2.67 bits per heavy atom. The number of amides is 3. The average Bonchev–Trinajstić information content (AvgIpc) is 3.35. The molecule has 10 heteroatoms. The number of aryl methyl sites for hydroxylation is 1. The molecule has 0 bridgehead atoms. The van der Waals surface area contributed by atoms with E-state index in [1.54, 1.807) is 12.3 Å².